The molecule has 2 amide bonds. The van der Waals surface area contributed by atoms with E-state index >= 15 is 0 Å². The van der Waals surface area contributed by atoms with Crippen LogP contribution in [0.4, 0.5) is 5.69 Å². The molecule has 2 rings (SSSR count). The van der Waals surface area contributed by atoms with Crippen molar-refractivity contribution in [2.24, 2.45) is 0 Å². The van der Waals surface area contributed by atoms with Gasteiger partial charge in [-0.1, -0.05) is 41.9 Å². The molecule has 6 heteroatoms. The Morgan fingerprint density at radius 1 is 1.12 bits per heavy atom. The Bertz CT molecular complexity index is 787. The molecule has 0 saturated heterocycles. The third-order valence-electron chi connectivity index (χ3n) is 3.99. The number of carbonyl (C=O) groups excluding carboxylic acids is 2. The van der Waals surface area contributed by atoms with Gasteiger partial charge in [-0.2, -0.15) is 0 Å². The molecule has 2 aromatic carbocycles. The fourth-order valence-electron chi connectivity index (χ4n) is 2.58. The molecule has 0 aliphatic carbocycles. The van der Waals surface area contributed by atoms with E-state index in [2.05, 4.69) is 5.32 Å². The molecule has 5 nitrogen and oxygen atoms in total. The average Bonchev–Trinajstić information content (AvgIpc) is 2.59. The fraction of sp³-hybridized carbons (Fsp3) is 0.300. The zero-order valence-electron chi connectivity index (χ0n) is 15.4. The maximum Gasteiger partial charge on any atom is 0.263 e. The number of benzene rings is 2. The first-order valence-electron chi connectivity index (χ1n) is 8.32. The van der Waals surface area contributed by atoms with Crippen LogP contribution in [0.25, 0.3) is 0 Å². The minimum atomic E-state index is -0.757. The van der Waals surface area contributed by atoms with E-state index in [0.29, 0.717) is 10.8 Å². The Morgan fingerprint density at radius 3 is 2.35 bits per heavy atom. The van der Waals surface area contributed by atoms with E-state index in [0.717, 1.165) is 16.8 Å². The van der Waals surface area contributed by atoms with Gasteiger partial charge in [0.25, 0.3) is 5.91 Å². The van der Waals surface area contributed by atoms with Crippen molar-refractivity contribution in [1.82, 2.24) is 4.90 Å². The lowest BCUT2D eigenvalue weighted by Gasteiger charge is -2.22. The highest BCUT2D eigenvalue weighted by atomic mass is 35.5. The molecule has 0 aliphatic heterocycles. The van der Waals surface area contributed by atoms with Crippen molar-refractivity contribution in [2.75, 3.05) is 18.9 Å². The van der Waals surface area contributed by atoms with Gasteiger partial charge in [0, 0.05) is 12.7 Å². The Kier molecular flexibility index (Phi) is 6.64. The van der Waals surface area contributed by atoms with Crippen LogP contribution >= 0.6 is 11.6 Å². The summed E-state index contributed by atoms with van der Waals surface area (Å²) >= 11 is 6.04. The standard InChI is InChI=1S/C20H23ClN2O3/c1-13-8-7-9-14(2)19(13)22-18(24)12-23(4)20(25)15(3)26-17-11-6-5-10-16(17)21/h5-11,15H,12H2,1-4H3,(H,22,24). The van der Waals surface area contributed by atoms with Crippen LogP contribution in [-0.4, -0.2) is 36.4 Å². The summed E-state index contributed by atoms with van der Waals surface area (Å²) in [6, 6.07) is 12.7. The summed E-state index contributed by atoms with van der Waals surface area (Å²) in [5.41, 5.74) is 2.73. The van der Waals surface area contributed by atoms with E-state index in [9.17, 15) is 9.59 Å². The highest BCUT2D eigenvalue weighted by molar-refractivity contribution is 6.32. The number of rotatable bonds is 6. The van der Waals surface area contributed by atoms with Gasteiger partial charge in [0.15, 0.2) is 6.10 Å². The Hall–Kier alpha value is -2.53. The van der Waals surface area contributed by atoms with Gasteiger partial charge in [0.1, 0.15) is 5.75 Å². The van der Waals surface area contributed by atoms with Crippen LogP contribution in [0.15, 0.2) is 42.5 Å². The van der Waals surface area contributed by atoms with E-state index < -0.39 is 6.10 Å². The van der Waals surface area contributed by atoms with Gasteiger partial charge in [-0.05, 0) is 44.0 Å². The Balaban J connectivity index is 1.95. The Labute approximate surface area is 158 Å². The van der Waals surface area contributed by atoms with Crippen LogP contribution in [0.1, 0.15) is 18.1 Å². The maximum absolute atomic E-state index is 12.5. The topological polar surface area (TPSA) is 58.6 Å². The lowest BCUT2D eigenvalue weighted by atomic mass is 10.1. The van der Waals surface area contributed by atoms with Gasteiger partial charge >= 0.3 is 0 Å². The molecule has 2 aromatic rings. The van der Waals surface area contributed by atoms with Gasteiger partial charge in [0.05, 0.1) is 11.6 Å². The fourth-order valence-corrected chi connectivity index (χ4v) is 2.76. The molecule has 26 heavy (non-hydrogen) atoms. The Morgan fingerprint density at radius 2 is 1.73 bits per heavy atom. The molecule has 0 aromatic heterocycles. The van der Waals surface area contributed by atoms with Crippen LogP contribution in [0.2, 0.25) is 5.02 Å². The summed E-state index contributed by atoms with van der Waals surface area (Å²) < 4.78 is 5.61. The number of hydrogen-bond acceptors (Lipinski definition) is 3. The van der Waals surface area contributed by atoms with Crippen molar-refractivity contribution in [3.05, 3.63) is 58.6 Å². The number of ether oxygens (including phenoxy) is 1. The highest BCUT2D eigenvalue weighted by Crippen LogP contribution is 2.24. The lowest BCUT2D eigenvalue weighted by molar-refractivity contribution is -0.139. The molecule has 0 aliphatic rings. The minimum absolute atomic E-state index is 0.0666. The first-order chi connectivity index (χ1) is 12.3. The van der Waals surface area contributed by atoms with Crippen LogP contribution in [0.5, 0.6) is 5.75 Å². The lowest BCUT2D eigenvalue weighted by Crippen LogP contribution is -2.42. The number of nitrogens with one attached hydrogen (secondary N) is 1. The number of amides is 2. The third kappa shape index (κ3) is 4.99. The van der Waals surface area contributed by atoms with E-state index in [-0.39, 0.29) is 18.4 Å². The number of anilines is 1. The molecule has 1 N–H and O–H groups in total. The maximum atomic E-state index is 12.5. The second-order valence-electron chi connectivity index (χ2n) is 6.20. The molecule has 0 bridgehead atoms. The van der Waals surface area contributed by atoms with Gasteiger partial charge < -0.3 is 15.0 Å². The van der Waals surface area contributed by atoms with E-state index in [1.54, 1.807) is 38.2 Å². The van der Waals surface area contributed by atoms with E-state index in [1.807, 2.05) is 32.0 Å². The van der Waals surface area contributed by atoms with Crippen molar-refractivity contribution in [3.63, 3.8) is 0 Å². The summed E-state index contributed by atoms with van der Waals surface area (Å²) in [7, 11) is 1.57. The molecule has 0 fully saturated rings. The average molecular weight is 375 g/mol. The van der Waals surface area contributed by atoms with Crippen molar-refractivity contribution in [1.29, 1.82) is 0 Å². The van der Waals surface area contributed by atoms with Crippen LogP contribution < -0.4 is 10.1 Å². The molecule has 1 atom stereocenters. The predicted octanol–water partition coefficient (Wildman–Crippen LogP) is 3.82. The predicted molar refractivity (Wildman–Crippen MR) is 104 cm³/mol. The molecule has 0 spiro atoms. The summed E-state index contributed by atoms with van der Waals surface area (Å²) in [5, 5.41) is 3.30. The first kappa shape index (κ1) is 19.8. The number of carbonyl (C=O) groups is 2. The normalized spacial score (nSPS) is 11.6. The van der Waals surface area contributed by atoms with Crippen molar-refractivity contribution in [2.45, 2.75) is 26.9 Å². The summed E-state index contributed by atoms with van der Waals surface area (Å²) in [5.74, 6) is -0.131. The summed E-state index contributed by atoms with van der Waals surface area (Å²) in [6.07, 6.45) is -0.757. The van der Waals surface area contributed by atoms with Crippen LogP contribution in [-0.2, 0) is 9.59 Å². The molecule has 1 unspecified atom stereocenters. The van der Waals surface area contributed by atoms with Crippen molar-refractivity contribution >= 4 is 29.1 Å². The number of aryl methyl sites for hydroxylation is 2. The second kappa shape index (κ2) is 8.72. The number of hydrogen-bond donors (Lipinski definition) is 1. The van der Waals surface area contributed by atoms with Crippen molar-refractivity contribution in [3.8, 4) is 5.75 Å². The molecule has 0 saturated carbocycles. The third-order valence-corrected chi connectivity index (χ3v) is 4.30. The van der Waals surface area contributed by atoms with Gasteiger partial charge in [0.2, 0.25) is 5.91 Å². The number of halogens is 1. The number of nitrogens with zero attached hydrogens (tertiary/aromatic N) is 1. The second-order valence-corrected chi connectivity index (χ2v) is 6.61. The van der Waals surface area contributed by atoms with Crippen molar-refractivity contribution < 1.29 is 14.3 Å². The molecule has 0 radical (unpaired) electrons. The summed E-state index contributed by atoms with van der Waals surface area (Å²) in [4.78, 5) is 26.1. The van der Waals surface area contributed by atoms with E-state index in [1.165, 1.54) is 4.90 Å². The summed E-state index contributed by atoms with van der Waals surface area (Å²) in [6.45, 7) is 5.42. The van der Waals surface area contributed by atoms with Gasteiger partial charge in [-0.15, -0.1) is 0 Å². The molecular formula is C20H23ClN2O3. The highest BCUT2D eigenvalue weighted by Gasteiger charge is 2.22. The zero-order valence-corrected chi connectivity index (χ0v) is 16.1. The molecular weight excluding hydrogens is 352 g/mol. The van der Waals surface area contributed by atoms with Crippen LogP contribution in [0.3, 0.4) is 0 Å². The smallest absolute Gasteiger partial charge is 0.263 e. The quantitative estimate of drug-likeness (QED) is 0.836. The van der Waals surface area contributed by atoms with Gasteiger partial charge in [-0.3, -0.25) is 9.59 Å². The zero-order chi connectivity index (χ0) is 19.3. The monoisotopic (exact) mass is 374 g/mol. The first-order valence-corrected chi connectivity index (χ1v) is 8.69. The largest absolute Gasteiger partial charge is 0.479 e. The number of likely N-dealkylation sites (N-methyl/N-ethyl adjacent to an activating group) is 1. The van der Waals surface area contributed by atoms with Gasteiger partial charge in [-0.25, -0.2) is 0 Å². The molecule has 0 heterocycles. The molecule has 138 valence electrons. The number of para-hydroxylation sites is 2. The SMILES string of the molecule is Cc1cccc(C)c1NC(=O)CN(C)C(=O)C(C)Oc1ccccc1Cl. The minimum Gasteiger partial charge on any atom is -0.479 e. The van der Waals surface area contributed by atoms with Crippen LogP contribution in [0, 0.1) is 13.8 Å². The van der Waals surface area contributed by atoms with E-state index in [4.69, 9.17) is 16.3 Å².